The molecule has 19 heavy (non-hydrogen) atoms. The zero-order valence-electron chi connectivity index (χ0n) is 11.9. The Balaban J connectivity index is 2.61. The second-order valence-corrected chi connectivity index (χ2v) is 4.77. The summed E-state index contributed by atoms with van der Waals surface area (Å²) in [6.45, 7) is 5.23. The molecule has 1 aromatic carbocycles. The SMILES string of the molecule is CCC(NCCCOC)C(O)c1ccc(F)c(C)c1. The van der Waals surface area contributed by atoms with Gasteiger partial charge in [-0.2, -0.15) is 0 Å². The summed E-state index contributed by atoms with van der Waals surface area (Å²) in [6.07, 6.45) is 1.10. The van der Waals surface area contributed by atoms with Crippen LogP contribution in [0.2, 0.25) is 0 Å². The summed E-state index contributed by atoms with van der Waals surface area (Å²) in [7, 11) is 1.67. The van der Waals surface area contributed by atoms with Gasteiger partial charge in [-0.15, -0.1) is 0 Å². The van der Waals surface area contributed by atoms with E-state index in [0.717, 1.165) is 24.9 Å². The van der Waals surface area contributed by atoms with E-state index in [2.05, 4.69) is 5.32 Å². The van der Waals surface area contributed by atoms with Gasteiger partial charge in [0.05, 0.1) is 6.10 Å². The van der Waals surface area contributed by atoms with Crippen LogP contribution in [0.1, 0.15) is 37.0 Å². The van der Waals surface area contributed by atoms with Crippen molar-refractivity contribution in [2.24, 2.45) is 0 Å². The molecule has 0 aliphatic rings. The van der Waals surface area contributed by atoms with Crippen LogP contribution in [0.15, 0.2) is 18.2 Å². The molecule has 0 spiro atoms. The minimum atomic E-state index is -0.619. The van der Waals surface area contributed by atoms with Crippen molar-refractivity contribution >= 4 is 0 Å². The number of nitrogens with one attached hydrogen (secondary N) is 1. The van der Waals surface area contributed by atoms with E-state index in [-0.39, 0.29) is 11.9 Å². The van der Waals surface area contributed by atoms with Crippen molar-refractivity contribution in [1.82, 2.24) is 5.32 Å². The molecule has 0 saturated heterocycles. The van der Waals surface area contributed by atoms with Crippen molar-refractivity contribution in [3.8, 4) is 0 Å². The van der Waals surface area contributed by atoms with E-state index >= 15 is 0 Å². The number of rotatable bonds is 8. The highest BCUT2D eigenvalue weighted by atomic mass is 19.1. The van der Waals surface area contributed by atoms with Crippen LogP contribution in [0.5, 0.6) is 0 Å². The highest BCUT2D eigenvalue weighted by Gasteiger charge is 2.19. The molecule has 0 aliphatic heterocycles. The van der Waals surface area contributed by atoms with Crippen LogP contribution in [0, 0.1) is 12.7 Å². The molecule has 0 radical (unpaired) electrons. The van der Waals surface area contributed by atoms with Crippen LogP contribution in [-0.4, -0.2) is 31.4 Å². The molecule has 1 aromatic rings. The minimum Gasteiger partial charge on any atom is -0.387 e. The van der Waals surface area contributed by atoms with Gasteiger partial charge in [0.1, 0.15) is 5.82 Å². The number of aryl methyl sites for hydroxylation is 1. The molecule has 0 fully saturated rings. The van der Waals surface area contributed by atoms with Crippen LogP contribution in [0.25, 0.3) is 0 Å². The number of ether oxygens (including phenoxy) is 1. The lowest BCUT2D eigenvalue weighted by Crippen LogP contribution is -2.35. The average Bonchev–Trinajstić information content (AvgIpc) is 2.41. The number of methoxy groups -OCH3 is 1. The third kappa shape index (κ3) is 4.90. The number of aliphatic hydroxyl groups excluding tert-OH is 1. The summed E-state index contributed by atoms with van der Waals surface area (Å²) in [5, 5.41) is 13.6. The first kappa shape index (κ1) is 16.1. The van der Waals surface area contributed by atoms with Gasteiger partial charge in [0.25, 0.3) is 0 Å². The molecule has 0 aromatic heterocycles. The number of hydrogen-bond donors (Lipinski definition) is 2. The van der Waals surface area contributed by atoms with Gasteiger partial charge in [-0.3, -0.25) is 0 Å². The maximum atomic E-state index is 13.2. The first-order valence-electron chi connectivity index (χ1n) is 6.76. The minimum absolute atomic E-state index is 0.0262. The lowest BCUT2D eigenvalue weighted by molar-refractivity contribution is 0.122. The first-order valence-corrected chi connectivity index (χ1v) is 6.76. The molecule has 1 rings (SSSR count). The third-order valence-corrected chi connectivity index (χ3v) is 3.28. The van der Waals surface area contributed by atoms with Crippen molar-refractivity contribution < 1.29 is 14.2 Å². The smallest absolute Gasteiger partial charge is 0.126 e. The van der Waals surface area contributed by atoms with Gasteiger partial charge >= 0.3 is 0 Å². The second kappa shape index (κ2) is 8.25. The van der Waals surface area contributed by atoms with Gasteiger partial charge in [0.15, 0.2) is 0 Å². The standard InChI is InChI=1S/C15H24FNO2/c1-4-14(17-8-5-9-19-3)15(18)12-6-7-13(16)11(2)10-12/h6-7,10,14-15,17-18H,4-5,8-9H2,1-3H3. The predicted molar refractivity (Wildman–Crippen MR) is 74.7 cm³/mol. The molecule has 0 heterocycles. The fraction of sp³-hybridized carbons (Fsp3) is 0.600. The summed E-state index contributed by atoms with van der Waals surface area (Å²) in [5.41, 5.74) is 1.32. The normalized spacial score (nSPS) is 14.4. The monoisotopic (exact) mass is 269 g/mol. The Hall–Kier alpha value is -0.970. The topological polar surface area (TPSA) is 41.5 Å². The van der Waals surface area contributed by atoms with Crippen LogP contribution in [0.4, 0.5) is 4.39 Å². The van der Waals surface area contributed by atoms with Crippen molar-refractivity contribution in [2.75, 3.05) is 20.3 Å². The van der Waals surface area contributed by atoms with Crippen molar-refractivity contribution in [3.05, 3.63) is 35.1 Å². The van der Waals surface area contributed by atoms with Crippen LogP contribution >= 0.6 is 0 Å². The summed E-state index contributed by atoms with van der Waals surface area (Å²) in [4.78, 5) is 0. The second-order valence-electron chi connectivity index (χ2n) is 4.77. The molecule has 0 amide bonds. The Morgan fingerprint density at radius 1 is 1.42 bits per heavy atom. The van der Waals surface area contributed by atoms with E-state index in [9.17, 15) is 9.50 Å². The maximum Gasteiger partial charge on any atom is 0.126 e. The third-order valence-electron chi connectivity index (χ3n) is 3.28. The van der Waals surface area contributed by atoms with Crippen molar-refractivity contribution in [3.63, 3.8) is 0 Å². The van der Waals surface area contributed by atoms with E-state index in [1.54, 1.807) is 26.2 Å². The Morgan fingerprint density at radius 3 is 2.74 bits per heavy atom. The molecule has 108 valence electrons. The molecule has 4 heteroatoms. The number of halogens is 1. The van der Waals surface area contributed by atoms with Crippen molar-refractivity contribution in [1.29, 1.82) is 0 Å². The fourth-order valence-corrected chi connectivity index (χ4v) is 2.07. The van der Waals surface area contributed by atoms with Gasteiger partial charge in [0.2, 0.25) is 0 Å². The predicted octanol–water partition coefficient (Wildman–Crippen LogP) is 2.57. The van der Waals surface area contributed by atoms with Gasteiger partial charge in [-0.1, -0.05) is 19.1 Å². The summed E-state index contributed by atoms with van der Waals surface area (Å²) < 4.78 is 18.2. The van der Waals surface area contributed by atoms with E-state index < -0.39 is 6.10 Å². The Kier molecular flexibility index (Phi) is 6.99. The van der Waals surface area contributed by atoms with Gasteiger partial charge in [-0.05, 0) is 43.5 Å². The molecule has 2 N–H and O–H groups in total. The maximum absolute atomic E-state index is 13.2. The highest BCUT2D eigenvalue weighted by Crippen LogP contribution is 2.21. The molecule has 0 bridgehead atoms. The van der Waals surface area contributed by atoms with E-state index in [1.807, 2.05) is 6.92 Å². The Labute approximate surface area is 114 Å². The number of hydrogen-bond acceptors (Lipinski definition) is 3. The molecular weight excluding hydrogens is 245 g/mol. The fourth-order valence-electron chi connectivity index (χ4n) is 2.07. The quantitative estimate of drug-likeness (QED) is 0.713. The van der Waals surface area contributed by atoms with E-state index in [4.69, 9.17) is 4.74 Å². The molecular formula is C15H24FNO2. The zero-order chi connectivity index (χ0) is 14.3. The highest BCUT2D eigenvalue weighted by molar-refractivity contribution is 5.26. The number of aliphatic hydroxyl groups is 1. The van der Waals surface area contributed by atoms with Gasteiger partial charge in [-0.25, -0.2) is 4.39 Å². The number of benzene rings is 1. The van der Waals surface area contributed by atoms with Crippen molar-refractivity contribution in [2.45, 2.75) is 38.8 Å². The Bertz CT molecular complexity index is 384. The summed E-state index contributed by atoms with van der Waals surface area (Å²) in [6, 6.07) is 4.74. The molecule has 3 nitrogen and oxygen atoms in total. The van der Waals surface area contributed by atoms with Crippen LogP contribution in [0.3, 0.4) is 0 Å². The van der Waals surface area contributed by atoms with Gasteiger partial charge in [0, 0.05) is 19.8 Å². The summed E-state index contributed by atoms with van der Waals surface area (Å²) in [5.74, 6) is -0.239. The lowest BCUT2D eigenvalue weighted by Gasteiger charge is -2.23. The first-order chi connectivity index (χ1) is 9.10. The van der Waals surface area contributed by atoms with Crippen LogP contribution < -0.4 is 5.32 Å². The molecule has 2 atom stereocenters. The summed E-state index contributed by atoms with van der Waals surface area (Å²) >= 11 is 0. The molecule has 0 aliphatic carbocycles. The van der Waals surface area contributed by atoms with E-state index in [1.165, 1.54) is 6.07 Å². The Morgan fingerprint density at radius 2 is 2.16 bits per heavy atom. The average molecular weight is 269 g/mol. The lowest BCUT2D eigenvalue weighted by atomic mass is 9.98. The zero-order valence-corrected chi connectivity index (χ0v) is 11.9. The van der Waals surface area contributed by atoms with Crippen LogP contribution in [-0.2, 0) is 4.74 Å². The van der Waals surface area contributed by atoms with Gasteiger partial charge < -0.3 is 15.2 Å². The molecule has 0 saturated carbocycles. The van der Waals surface area contributed by atoms with E-state index in [0.29, 0.717) is 12.2 Å². The largest absolute Gasteiger partial charge is 0.387 e. The molecule has 2 unspecified atom stereocenters.